The van der Waals surface area contributed by atoms with E-state index in [1.54, 1.807) is 13.0 Å². The molecule has 4 heterocycles. The Hall–Kier alpha value is -5.92. The number of piperidine rings is 1. The van der Waals surface area contributed by atoms with Crippen molar-refractivity contribution in [2.75, 3.05) is 6.54 Å². The number of carbonyl (C=O) groups excluding carboxylic acids is 6. The van der Waals surface area contributed by atoms with Gasteiger partial charge in [0.15, 0.2) is 0 Å². The number of pyridine rings is 1. The largest absolute Gasteiger partial charge is 0.433 e. The SMILES string of the molecule is CCNC(=O)C(c1cccc2c1C(=O)N(C1CCC(=O)NC1=O)C2=O)N(Cc1cn[nH]c1C(F)(F)F)C(=O)c1ccnc(C#N)c1. The first-order valence-corrected chi connectivity index (χ1v) is 13.8. The third kappa shape index (κ3) is 5.67. The molecule has 5 rings (SSSR count). The molecule has 0 aliphatic carbocycles. The number of amides is 6. The summed E-state index contributed by atoms with van der Waals surface area (Å²) in [6.07, 6.45) is -3.27. The normalized spacial score (nSPS) is 16.8. The summed E-state index contributed by atoms with van der Waals surface area (Å²) in [6.45, 7) is 0.698. The van der Waals surface area contributed by atoms with Gasteiger partial charge in [0.25, 0.3) is 17.7 Å². The van der Waals surface area contributed by atoms with Crippen molar-refractivity contribution in [3.05, 3.63) is 81.9 Å². The van der Waals surface area contributed by atoms with Crippen LogP contribution in [0.3, 0.4) is 0 Å². The topological polar surface area (TPSA) is 198 Å². The second kappa shape index (κ2) is 12.2. The molecule has 17 heteroatoms. The molecule has 46 heavy (non-hydrogen) atoms. The van der Waals surface area contributed by atoms with E-state index >= 15 is 0 Å². The highest BCUT2D eigenvalue weighted by atomic mass is 19.4. The zero-order valence-corrected chi connectivity index (χ0v) is 23.8. The Morgan fingerprint density at radius 1 is 1.20 bits per heavy atom. The minimum Gasteiger partial charge on any atom is -0.354 e. The summed E-state index contributed by atoms with van der Waals surface area (Å²) in [7, 11) is 0. The first-order valence-electron chi connectivity index (χ1n) is 13.8. The Morgan fingerprint density at radius 2 is 1.96 bits per heavy atom. The lowest BCUT2D eigenvalue weighted by molar-refractivity contribution is -0.142. The monoisotopic (exact) mass is 636 g/mol. The molecule has 1 fully saturated rings. The van der Waals surface area contributed by atoms with Crippen molar-refractivity contribution in [2.45, 2.75) is 44.6 Å². The van der Waals surface area contributed by atoms with Crippen molar-refractivity contribution < 1.29 is 41.9 Å². The number of H-pyrrole nitrogens is 1. The maximum absolute atomic E-state index is 14.1. The molecule has 1 saturated heterocycles. The van der Waals surface area contributed by atoms with Gasteiger partial charge >= 0.3 is 6.18 Å². The van der Waals surface area contributed by atoms with Crippen molar-refractivity contribution in [1.82, 2.24) is 35.6 Å². The first kappa shape index (κ1) is 31.5. The minimum absolute atomic E-state index is 0.00894. The number of likely N-dealkylation sites (N-methyl/N-ethyl adjacent to an activating group) is 1. The lowest BCUT2D eigenvalue weighted by Crippen LogP contribution is -2.54. The van der Waals surface area contributed by atoms with Gasteiger partial charge in [-0.05, 0) is 37.1 Å². The molecule has 0 saturated carbocycles. The number of rotatable bonds is 8. The number of aromatic nitrogens is 3. The van der Waals surface area contributed by atoms with Gasteiger partial charge in [-0.2, -0.15) is 23.5 Å². The number of imide groups is 2. The number of hydrogen-bond acceptors (Lipinski definition) is 9. The molecule has 2 aromatic heterocycles. The molecule has 3 aromatic rings. The summed E-state index contributed by atoms with van der Waals surface area (Å²) in [5.74, 6) is -5.28. The highest BCUT2D eigenvalue weighted by Gasteiger charge is 2.48. The number of benzene rings is 1. The third-order valence-electron chi connectivity index (χ3n) is 7.43. The van der Waals surface area contributed by atoms with Gasteiger partial charge in [-0.15, -0.1) is 0 Å². The van der Waals surface area contributed by atoms with Crippen LogP contribution in [0.5, 0.6) is 0 Å². The molecule has 236 valence electrons. The zero-order valence-electron chi connectivity index (χ0n) is 23.8. The van der Waals surface area contributed by atoms with E-state index in [1.807, 2.05) is 5.10 Å². The number of carbonyl (C=O) groups is 6. The van der Waals surface area contributed by atoms with Crippen LogP contribution in [0.1, 0.15) is 79.4 Å². The summed E-state index contributed by atoms with van der Waals surface area (Å²) >= 11 is 0. The number of nitrogens with one attached hydrogen (secondary N) is 3. The molecule has 1 aromatic carbocycles. The number of alkyl halides is 3. The van der Waals surface area contributed by atoms with E-state index in [0.29, 0.717) is 4.90 Å². The summed E-state index contributed by atoms with van der Waals surface area (Å²) in [6, 6.07) is 4.74. The van der Waals surface area contributed by atoms with Crippen LogP contribution >= 0.6 is 0 Å². The molecule has 2 aliphatic rings. The highest BCUT2D eigenvalue weighted by molar-refractivity contribution is 6.24. The summed E-state index contributed by atoms with van der Waals surface area (Å²) < 4.78 is 41.6. The average Bonchev–Trinajstić information content (AvgIpc) is 3.59. The van der Waals surface area contributed by atoms with Gasteiger partial charge < -0.3 is 10.2 Å². The molecule has 0 bridgehead atoms. The minimum atomic E-state index is -4.93. The average molecular weight is 637 g/mol. The van der Waals surface area contributed by atoms with Crippen LogP contribution < -0.4 is 10.6 Å². The van der Waals surface area contributed by atoms with Gasteiger partial charge in [-0.1, -0.05) is 12.1 Å². The smallest absolute Gasteiger partial charge is 0.354 e. The van der Waals surface area contributed by atoms with Gasteiger partial charge in [0.05, 0.1) is 23.9 Å². The molecule has 2 aliphatic heterocycles. The van der Waals surface area contributed by atoms with E-state index in [0.717, 1.165) is 23.4 Å². The number of halogens is 3. The number of nitrogens with zero attached hydrogens (tertiary/aromatic N) is 5. The zero-order chi connectivity index (χ0) is 33.3. The maximum atomic E-state index is 14.1. The fourth-order valence-corrected chi connectivity index (χ4v) is 5.42. The molecular weight excluding hydrogens is 613 g/mol. The molecule has 0 radical (unpaired) electrons. The maximum Gasteiger partial charge on any atom is 0.433 e. The van der Waals surface area contributed by atoms with Crippen molar-refractivity contribution in [2.24, 2.45) is 0 Å². The highest BCUT2D eigenvalue weighted by Crippen LogP contribution is 2.37. The lowest BCUT2D eigenvalue weighted by Gasteiger charge is -2.32. The summed E-state index contributed by atoms with van der Waals surface area (Å²) in [4.78, 5) is 84.8. The van der Waals surface area contributed by atoms with Crippen LogP contribution in [-0.4, -0.2) is 73.0 Å². The fourth-order valence-electron chi connectivity index (χ4n) is 5.42. The van der Waals surface area contributed by atoms with Gasteiger partial charge in [0.2, 0.25) is 17.7 Å². The van der Waals surface area contributed by atoms with Gasteiger partial charge in [0, 0.05) is 30.3 Å². The number of nitriles is 1. The van der Waals surface area contributed by atoms with Crippen molar-refractivity contribution in [1.29, 1.82) is 5.26 Å². The summed E-state index contributed by atoms with van der Waals surface area (Å²) in [5.41, 5.74) is -2.99. The first-order chi connectivity index (χ1) is 21.9. The summed E-state index contributed by atoms with van der Waals surface area (Å²) in [5, 5.41) is 19.2. The van der Waals surface area contributed by atoms with E-state index in [1.165, 1.54) is 24.3 Å². The Kier molecular flexibility index (Phi) is 8.37. The van der Waals surface area contributed by atoms with Gasteiger partial charge in [-0.25, -0.2) is 4.98 Å². The van der Waals surface area contributed by atoms with Crippen LogP contribution in [-0.2, 0) is 27.1 Å². The number of hydrogen-bond donors (Lipinski definition) is 3. The van der Waals surface area contributed by atoms with Crippen LogP contribution in [0.4, 0.5) is 13.2 Å². The Bertz CT molecular complexity index is 1830. The molecule has 3 N–H and O–H groups in total. The van der Waals surface area contributed by atoms with Gasteiger partial charge in [0.1, 0.15) is 29.5 Å². The quantitative estimate of drug-likeness (QED) is 0.308. The molecular formula is C29H23F3N8O6. The Morgan fingerprint density at radius 3 is 2.63 bits per heavy atom. The van der Waals surface area contributed by atoms with Crippen molar-refractivity contribution in [3.63, 3.8) is 0 Å². The van der Waals surface area contributed by atoms with Crippen molar-refractivity contribution >= 4 is 35.4 Å². The molecule has 14 nitrogen and oxygen atoms in total. The predicted octanol–water partition coefficient (Wildman–Crippen LogP) is 1.62. The standard InChI is InChI=1S/C29H23F3N8O6/c1-2-34-25(43)22(17-4-3-5-18-21(17)28(46)40(27(18)45)19-6-7-20(41)37-24(19)42)39(13-15-12-36-38-23(15)29(30,31)32)26(44)14-8-9-35-16(10-14)11-33/h3-5,8-10,12,19,22H,2,6-7,13H2,1H3,(H,34,43)(H,36,38)(H,37,41,42). The second-order valence-electron chi connectivity index (χ2n) is 10.3. The lowest BCUT2D eigenvalue weighted by atomic mass is 9.94. The Balaban J connectivity index is 1.68. The van der Waals surface area contributed by atoms with Gasteiger partial charge in [-0.3, -0.25) is 44.1 Å². The van der Waals surface area contributed by atoms with Crippen molar-refractivity contribution in [3.8, 4) is 6.07 Å². The van der Waals surface area contributed by atoms with E-state index in [-0.39, 0.29) is 47.3 Å². The molecule has 2 unspecified atom stereocenters. The molecule has 6 amide bonds. The number of fused-ring (bicyclic) bond motifs is 1. The Labute approximate surface area is 257 Å². The molecule has 0 spiro atoms. The van der Waals surface area contributed by atoms with Crippen LogP contribution in [0.25, 0.3) is 0 Å². The van der Waals surface area contributed by atoms with E-state index < -0.39 is 71.5 Å². The number of aromatic amines is 1. The van der Waals surface area contributed by atoms with E-state index in [9.17, 15) is 47.2 Å². The fraction of sp³-hybridized carbons (Fsp3) is 0.276. The predicted molar refractivity (Wildman–Crippen MR) is 147 cm³/mol. The van der Waals surface area contributed by atoms with Crippen LogP contribution in [0.2, 0.25) is 0 Å². The van der Waals surface area contributed by atoms with E-state index in [4.69, 9.17) is 0 Å². The second-order valence-corrected chi connectivity index (χ2v) is 10.3. The molecule has 2 atom stereocenters. The third-order valence-corrected chi connectivity index (χ3v) is 7.43. The van der Waals surface area contributed by atoms with Crippen LogP contribution in [0, 0.1) is 11.3 Å². The van der Waals surface area contributed by atoms with Crippen LogP contribution in [0.15, 0.2) is 42.7 Å². The van der Waals surface area contributed by atoms with E-state index in [2.05, 4.69) is 20.7 Å².